The van der Waals surface area contributed by atoms with Crippen LogP contribution in [-0.2, 0) is 0 Å². The highest BCUT2D eigenvalue weighted by atomic mass is 16.4. The second kappa shape index (κ2) is 7.29. The maximum atomic E-state index is 13.1. The minimum absolute atomic E-state index is 0.223. The Morgan fingerprint density at radius 1 is 0.889 bits per heavy atom. The Kier molecular flexibility index (Phi) is 4.81. The molecule has 4 saturated carbocycles. The van der Waals surface area contributed by atoms with Crippen LogP contribution in [0.25, 0.3) is 0 Å². The van der Waals surface area contributed by atoms with Gasteiger partial charge in [-0.1, -0.05) is 44.9 Å². The van der Waals surface area contributed by atoms with Crippen molar-refractivity contribution in [3.05, 3.63) is 27.8 Å². The molecule has 1 aromatic rings. The molecule has 0 aromatic carbocycles. The topological polar surface area (TPSA) is 50.4 Å². The first kappa shape index (κ1) is 17.8. The Balaban J connectivity index is 1.43. The molecule has 4 aliphatic carbocycles. The Labute approximate surface area is 162 Å². The van der Waals surface area contributed by atoms with E-state index >= 15 is 0 Å². The largest absolute Gasteiger partial charge is 0.507 e. The average molecular weight is 371 g/mol. The third-order valence-corrected chi connectivity index (χ3v) is 7.64. The zero-order chi connectivity index (χ0) is 18.4. The summed E-state index contributed by atoms with van der Waals surface area (Å²) in [4.78, 5) is 13.1. The summed E-state index contributed by atoms with van der Waals surface area (Å²) in [6, 6.07) is 1.84. The molecule has 0 aliphatic heterocycles. The van der Waals surface area contributed by atoms with Crippen LogP contribution in [0.3, 0.4) is 0 Å². The van der Waals surface area contributed by atoms with E-state index in [2.05, 4.69) is 0 Å². The van der Waals surface area contributed by atoms with Crippen LogP contribution in [0.15, 0.2) is 15.3 Å². The summed E-state index contributed by atoms with van der Waals surface area (Å²) in [6.45, 7) is 0. The minimum Gasteiger partial charge on any atom is -0.507 e. The first-order valence-corrected chi connectivity index (χ1v) is 11.6. The van der Waals surface area contributed by atoms with Gasteiger partial charge >= 0.3 is 5.63 Å². The Bertz CT molecular complexity index is 704. The molecular weight excluding hydrogens is 336 g/mol. The van der Waals surface area contributed by atoms with Crippen molar-refractivity contribution in [2.24, 2.45) is 23.7 Å². The van der Waals surface area contributed by atoms with Crippen molar-refractivity contribution >= 4 is 0 Å². The van der Waals surface area contributed by atoms with Gasteiger partial charge in [0.15, 0.2) is 0 Å². The van der Waals surface area contributed by atoms with E-state index in [1.807, 2.05) is 6.07 Å². The van der Waals surface area contributed by atoms with Crippen LogP contribution in [0, 0.1) is 23.7 Å². The standard InChI is InChI=1S/C24H34O3/c25-20-14-21(19(12-15-6-7-15)13-16-8-9-16)27-24(26)23(20)22(18-10-11-18)17-4-2-1-3-5-17/h14-19,22,25H,1-13H2. The predicted molar refractivity (Wildman–Crippen MR) is 106 cm³/mol. The fraction of sp³-hybridized carbons (Fsp3) is 0.792. The van der Waals surface area contributed by atoms with Crippen molar-refractivity contribution in [3.63, 3.8) is 0 Å². The molecule has 27 heavy (non-hydrogen) atoms. The molecule has 0 bridgehead atoms. The molecule has 3 heteroatoms. The van der Waals surface area contributed by atoms with Crippen molar-refractivity contribution in [1.29, 1.82) is 0 Å². The minimum atomic E-state index is -0.232. The van der Waals surface area contributed by atoms with E-state index in [1.54, 1.807) is 0 Å². The summed E-state index contributed by atoms with van der Waals surface area (Å²) in [6.07, 6.45) is 16.2. The summed E-state index contributed by atoms with van der Waals surface area (Å²) in [7, 11) is 0. The second-order valence-electron chi connectivity index (χ2n) is 10.1. The van der Waals surface area contributed by atoms with Gasteiger partial charge in [-0.2, -0.15) is 0 Å². The van der Waals surface area contributed by atoms with Gasteiger partial charge in [-0.3, -0.25) is 0 Å². The van der Waals surface area contributed by atoms with Crippen LogP contribution in [0.5, 0.6) is 5.75 Å². The highest BCUT2D eigenvalue weighted by Gasteiger charge is 2.41. The van der Waals surface area contributed by atoms with E-state index in [1.165, 1.54) is 70.6 Å². The lowest BCUT2D eigenvalue weighted by molar-refractivity contribution is 0.269. The molecule has 1 atom stereocenters. The van der Waals surface area contributed by atoms with Gasteiger partial charge < -0.3 is 9.52 Å². The Hall–Kier alpha value is -1.25. The molecule has 4 aliphatic rings. The van der Waals surface area contributed by atoms with E-state index < -0.39 is 0 Å². The molecule has 5 rings (SSSR count). The van der Waals surface area contributed by atoms with Gasteiger partial charge in [-0.15, -0.1) is 0 Å². The zero-order valence-corrected chi connectivity index (χ0v) is 16.5. The molecule has 0 amide bonds. The normalized spacial score (nSPS) is 25.1. The molecule has 1 heterocycles. The van der Waals surface area contributed by atoms with Crippen LogP contribution >= 0.6 is 0 Å². The molecule has 0 spiro atoms. The summed E-state index contributed by atoms with van der Waals surface area (Å²) in [5, 5.41) is 10.9. The Morgan fingerprint density at radius 3 is 2.00 bits per heavy atom. The second-order valence-corrected chi connectivity index (χ2v) is 10.1. The van der Waals surface area contributed by atoms with Crippen LogP contribution in [0.4, 0.5) is 0 Å². The highest BCUT2D eigenvalue weighted by molar-refractivity contribution is 5.36. The molecule has 148 valence electrons. The smallest absolute Gasteiger partial charge is 0.343 e. The molecule has 0 saturated heterocycles. The van der Waals surface area contributed by atoms with Crippen molar-refractivity contribution in [2.75, 3.05) is 0 Å². The van der Waals surface area contributed by atoms with Gasteiger partial charge in [0, 0.05) is 17.9 Å². The summed E-state index contributed by atoms with van der Waals surface area (Å²) < 4.78 is 5.94. The van der Waals surface area contributed by atoms with Crippen LogP contribution in [0.1, 0.15) is 107 Å². The van der Waals surface area contributed by atoms with Crippen LogP contribution in [-0.4, -0.2) is 5.11 Å². The fourth-order valence-corrected chi connectivity index (χ4v) is 5.66. The maximum Gasteiger partial charge on any atom is 0.343 e. The van der Waals surface area contributed by atoms with Crippen LogP contribution < -0.4 is 5.63 Å². The van der Waals surface area contributed by atoms with E-state index in [4.69, 9.17) is 4.42 Å². The number of hydrogen-bond acceptors (Lipinski definition) is 3. The highest BCUT2D eigenvalue weighted by Crippen LogP contribution is 2.52. The average Bonchev–Trinajstić information content (AvgIpc) is 3.52. The molecular formula is C24H34O3. The molecule has 4 fully saturated rings. The molecule has 3 nitrogen and oxygen atoms in total. The number of aromatic hydroxyl groups is 1. The first-order valence-electron chi connectivity index (χ1n) is 11.6. The number of rotatable bonds is 8. The van der Waals surface area contributed by atoms with E-state index in [0.717, 1.165) is 30.4 Å². The van der Waals surface area contributed by atoms with E-state index in [9.17, 15) is 9.90 Å². The maximum absolute atomic E-state index is 13.1. The van der Waals surface area contributed by atoms with Crippen molar-refractivity contribution in [1.82, 2.24) is 0 Å². The quantitative estimate of drug-likeness (QED) is 0.601. The summed E-state index contributed by atoms with van der Waals surface area (Å²) >= 11 is 0. The summed E-state index contributed by atoms with van der Waals surface area (Å²) in [5.41, 5.74) is 0.383. The zero-order valence-electron chi connectivity index (χ0n) is 16.5. The molecule has 0 radical (unpaired) electrons. The lowest BCUT2D eigenvalue weighted by Crippen LogP contribution is -2.24. The monoisotopic (exact) mass is 370 g/mol. The van der Waals surface area contributed by atoms with E-state index in [0.29, 0.717) is 23.3 Å². The third-order valence-electron chi connectivity index (χ3n) is 7.64. The third kappa shape index (κ3) is 4.12. The molecule has 1 unspecified atom stereocenters. The van der Waals surface area contributed by atoms with Gasteiger partial charge in [0.2, 0.25) is 0 Å². The van der Waals surface area contributed by atoms with E-state index in [-0.39, 0.29) is 17.3 Å². The predicted octanol–water partition coefficient (Wildman–Crippen LogP) is 6.10. The van der Waals surface area contributed by atoms with Gasteiger partial charge in [0.05, 0.1) is 5.56 Å². The number of hydrogen-bond donors (Lipinski definition) is 1. The van der Waals surface area contributed by atoms with Gasteiger partial charge in [-0.05, 0) is 62.2 Å². The Morgan fingerprint density at radius 2 is 1.48 bits per heavy atom. The van der Waals surface area contributed by atoms with Gasteiger partial charge in [0.1, 0.15) is 11.5 Å². The molecule has 1 aromatic heterocycles. The van der Waals surface area contributed by atoms with Crippen molar-refractivity contribution in [2.45, 2.75) is 95.3 Å². The van der Waals surface area contributed by atoms with Crippen LogP contribution in [0.2, 0.25) is 0 Å². The van der Waals surface area contributed by atoms with Gasteiger partial charge in [-0.25, -0.2) is 4.79 Å². The van der Waals surface area contributed by atoms with Gasteiger partial charge in [0.25, 0.3) is 0 Å². The fourth-order valence-electron chi connectivity index (χ4n) is 5.66. The lowest BCUT2D eigenvalue weighted by Gasteiger charge is -2.30. The molecule has 1 N–H and O–H groups in total. The lowest BCUT2D eigenvalue weighted by atomic mass is 9.74. The first-order chi connectivity index (χ1) is 13.2. The SMILES string of the molecule is O=c1oc(C(CC2CC2)CC2CC2)cc(O)c1C(C1CCCCC1)C1CC1. The van der Waals surface area contributed by atoms with Crippen molar-refractivity contribution in [3.8, 4) is 5.75 Å². The van der Waals surface area contributed by atoms with Crippen molar-refractivity contribution < 1.29 is 9.52 Å². The summed E-state index contributed by atoms with van der Waals surface area (Å²) in [5.74, 6) is 4.30.